The lowest BCUT2D eigenvalue weighted by molar-refractivity contribution is -0.137. The second-order valence-corrected chi connectivity index (χ2v) is 6.47. The average Bonchev–Trinajstić information content (AvgIpc) is 3.30. The molecule has 2 aromatic carbocycles. The number of amides is 2. The van der Waals surface area contributed by atoms with Crippen LogP contribution in [-0.4, -0.2) is 26.0 Å². The third-order valence-corrected chi connectivity index (χ3v) is 4.24. The quantitative estimate of drug-likeness (QED) is 0.449. The molecule has 8 nitrogen and oxygen atoms in total. The molecule has 11 heteroatoms. The molecule has 2 heterocycles. The number of hydrogen-bond donors (Lipinski definition) is 2. The average molecular weight is 440 g/mol. The lowest BCUT2D eigenvalue weighted by atomic mass is 10.1. The lowest BCUT2D eigenvalue weighted by Crippen LogP contribution is -2.21. The number of halogens is 3. The van der Waals surface area contributed by atoms with Crippen molar-refractivity contribution in [2.75, 3.05) is 10.6 Å². The predicted molar refractivity (Wildman–Crippen MR) is 110 cm³/mol. The Morgan fingerprint density at radius 3 is 2.28 bits per heavy atom. The van der Waals surface area contributed by atoms with Gasteiger partial charge in [0.2, 0.25) is 0 Å². The maximum Gasteiger partial charge on any atom is 0.416 e. The number of ether oxygens (including phenoxy) is 1. The monoisotopic (exact) mass is 440 g/mol. The Morgan fingerprint density at radius 2 is 1.62 bits per heavy atom. The summed E-state index contributed by atoms with van der Waals surface area (Å²) in [6, 6.07) is 12.1. The molecular weight excluding hydrogens is 425 g/mol. The molecule has 4 aromatic rings. The van der Waals surface area contributed by atoms with Gasteiger partial charge < -0.3 is 15.4 Å². The van der Waals surface area contributed by atoms with Crippen molar-refractivity contribution in [1.29, 1.82) is 0 Å². The highest BCUT2D eigenvalue weighted by Crippen LogP contribution is 2.33. The normalized spacial score (nSPS) is 11.1. The highest BCUT2D eigenvalue weighted by molar-refractivity contribution is 6.01. The summed E-state index contributed by atoms with van der Waals surface area (Å²) in [6.45, 7) is 0. The number of rotatable bonds is 5. The van der Waals surface area contributed by atoms with Crippen LogP contribution >= 0.6 is 0 Å². The summed E-state index contributed by atoms with van der Waals surface area (Å²) in [5, 5.41) is 12.4. The highest BCUT2D eigenvalue weighted by Gasteiger charge is 2.31. The van der Waals surface area contributed by atoms with E-state index in [0.29, 0.717) is 17.2 Å². The van der Waals surface area contributed by atoms with E-state index in [2.05, 4.69) is 25.9 Å². The van der Waals surface area contributed by atoms with Crippen LogP contribution in [0.3, 0.4) is 0 Å². The fourth-order valence-electron chi connectivity index (χ4n) is 2.78. The molecular formula is C21H15F3N6O2. The van der Waals surface area contributed by atoms with Crippen molar-refractivity contribution in [3.63, 3.8) is 0 Å². The van der Waals surface area contributed by atoms with Crippen LogP contribution in [0.2, 0.25) is 0 Å². The van der Waals surface area contributed by atoms with Crippen molar-refractivity contribution in [2.45, 2.75) is 6.18 Å². The minimum atomic E-state index is -4.57. The Bertz CT molecular complexity index is 1200. The zero-order valence-corrected chi connectivity index (χ0v) is 16.2. The molecule has 0 aliphatic carbocycles. The Balaban J connectivity index is 1.49. The zero-order valence-electron chi connectivity index (χ0n) is 16.2. The topological polar surface area (TPSA) is 94.0 Å². The summed E-state index contributed by atoms with van der Waals surface area (Å²) in [6.07, 6.45) is 1.44. The number of anilines is 2. The van der Waals surface area contributed by atoms with Crippen LogP contribution in [0.25, 0.3) is 5.69 Å². The lowest BCUT2D eigenvalue weighted by Gasteiger charge is -2.15. The summed E-state index contributed by atoms with van der Waals surface area (Å²) in [5.41, 5.74) is -0.347. The van der Waals surface area contributed by atoms with Gasteiger partial charge in [-0.15, -0.1) is 5.10 Å². The molecule has 4 rings (SSSR count). The molecule has 0 spiro atoms. The maximum atomic E-state index is 13.1. The number of carbonyl (C=O) groups is 1. The van der Waals surface area contributed by atoms with Crippen LogP contribution in [0, 0.1) is 0 Å². The second-order valence-electron chi connectivity index (χ2n) is 6.47. The molecule has 0 unspecified atom stereocenters. The Morgan fingerprint density at radius 1 is 0.906 bits per heavy atom. The molecule has 0 saturated heterocycles. The van der Waals surface area contributed by atoms with Gasteiger partial charge in [0.15, 0.2) is 0 Å². The minimum Gasteiger partial charge on any atom is -0.457 e. The van der Waals surface area contributed by atoms with Crippen molar-refractivity contribution in [3.8, 4) is 17.2 Å². The largest absolute Gasteiger partial charge is 0.457 e. The van der Waals surface area contributed by atoms with Crippen LogP contribution in [0.4, 0.5) is 29.3 Å². The van der Waals surface area contributed by atoms with E-state index in [9.17, 15) is 18.0 Å². The smallest absolute Gasteiger partial charge is 0.416 e. The van der Waals surface area contributed by atoms with Crippen molar-refractivity contribution in [1.82, 2.24) is 20.0 Å². The molecule has 0 aliphatic rings. The van der Waals surface area contributed by atoms with E-state index in [0.717, 1.165) is 12.1 Å². The molecule has 2 aromatic heterocycles. The number of benzene rings is 2. The number of alkyl halides is 3. The summed E-state index contributed by atoms with van der Waals surface area (Å²) in [5.74, 6) is 1.14. The van der Waals surface area contributed by atoms with Crippen LogP contribution < -0.4 is 15.4 Å². The molecule has 32 heavy (non-hydrogen) atoms. The molecule has 162 valence electrons. The number of aromatic nitrogens is 4. The van der Waals surface area contributed by atoms with E-state index < -0.39 is 17.8 Å². The van der Waals surface area contributed by atoms with Gasteiger partial charge in [0.1, 0.15) is 11.5 Å². The maximum absolute atomic E-state index is 13.1. The third-order valence-electron chi connectivity index (χ3n) is 4.24. The number of hydrogen-bond acceptors (Lipinski definition) is 5. The molecule has 2 N–H and O–H groups in total. The van der Waals surface area contributed by atoms with Gasteiger partial charge in [-0.3, -0.25) is 4.98 Å². The Labute approximate surface area is 179 Å². The first kappa shape index (κ1) is 20.8. The fraction of sp³-hybridized carbons (Fsp3) is 0.0476. The number of pyridine rings is 1. The Kier molecular flexibility index (Phi) is 5.71. The number of nitrogens with one attached hydrogen (secondary N) is 2. The fourth-order valence-corrected chi connectivity index (χ4v) is 2.78. The van der Waals surface area contributed by atoms with Gasteiger partial charge in [-0.05, 0) is 54.6 Å². The SMILES string of the molecule is O=C(Nc1ccc(Oc2ccncc2)cc1)Nc1cc(C(F)(F)F)ccc1-n1ccnn1. The molecule has 2 amide bonds. The van der Waals surface area contributed by atoms with Crippen LogP contribution in [0.1, 0.15) is 5.56 Å². The van der Waals surface area contributed by atoms with E-state index in [1.165, 1.54) is 23.1 Å². The van der Waals surface area contributed by atoms with Gasteiger partial charge in [-0.25, -0.2) is 9.48 Å². The van der Waals surface area contributed by atoms with Gasteiger partial charge in [-0.1, -0.05) is 5.21 Å². The summed E-state index contributed by atoms with van der Waals surface area (Å²) >= 11 is 0. The zero-order chi connectivity index (χ0) is 22.6. The van der Waals surface area contributed by atoms with E-state index in [4.69, 9.17) is 4.74 Å². The summed E-state index contributed by atoms with van der Waals surface area (Å²) in [7, 11) is 0. The molecule has 0 bridgehead atoms. The molecule has 0 saturated carbocycles. The third kappa shape index (κ3) is 5.01. The molecule has 0 aliphatic heterocycles. The number of carbonyl (C=O) groups excluding carboxylic acids is 1. The number of urea groups is 1. The van der Waals surface area contributed by atoms with Crippen molar-refractivity contribution in [3.05, 3.63) is 84.9 Å². The van der Waals surface area contributed by atoms with Gasteiger partial charge in [0.05, 0.1) is 29.3 Å². The first-order valence-electron chi connectivity index (χ1n) is 9.22. The van der Waals surface area contributed by atoms with Gasteiger partial charge >= 0.3 is 12.2 Å². The first-order chi connectivity index (χ1) is 15.4. The molecule has 0 radical (unpaired) electrons. The molecule has 0 atom stereocenters. The van der Waals surface area contributed by atoms with Gasteiger partial charge in [0.25, 0.3) is 0 Å². The first-order valence-corrected chi connectivity index (χ1v) is 9.22. The molecule has 0 fully saturated rings. The minimum absolute atomic E-state index is 0.0829. The predicted octanol–water partition coefficient (Wildman–Crippen LogP) is 5.12. The summed E-state index contributed by atoms with van der Waals surface area (Å²) in [4.78, 5) is 16.4. The van der Waals surface area contributed by atoms with Crippen LogP contribution in [0.5, 0.6) is 11.5 Å². The van der Waals surface area contributed by atoms with E-state index >= 15 is 0 Å². The van der Waals surface area contributed by atoms with E-state index in [1.54, 1.807) is 48.8 Å². The van der Waals surface area contributed by atoms with Crippen molar-refractivity contribution in [2.24, 2.45) is 0 Å². The van der Waals surface area contributed by atoms with Crippen LogP contribution in [0.15, 0.2) is 79.4 Å². The van der Waals surface area contributed by atoms with Gasteiger partial charge in [-0.2, -0.15) is 13.2 Å². The van der Waals surface area contributed by atoms with E-state index in [-0.39, 0.29) is 11.4 Å². The Hall–Kier alpha value is -4.41. The van der Waals surface area contributed by atoms with E-state index in [1.807, 2.05) is 0 Å². The highest BCUT2D eigenvalue weighted by atomic mass is 19.4. The van der Waals surface area contributed by atoms with Crippen molar-refractivity contribution < 1.29 is 22.7 Å². The van der Waals surface area contributed by atoms with Crippen LogP contribution in [-0.2, 0) is 6.18 Å². The number of nitrogens with zero attached hydrogens (tertiary/aromatic N) is 4. The second kappa shape index (κ2) is 8.76. The van der Waals surface area contributed by atoms with Crippen molar-refractivity contribution >= 4 is 17.4 Å². The van der Waals surface area contributed by atoms with Gasteiger partial charge in [0, 0.05) is 18.1 Å². The summed E-state index contributed by atoms with van der Waals surface area (Å²) < 4.78 is 46.3. The standard InChI is InChI=1S/C21H15F3N6O2/c22-21(23,24)14-1-6-19(30-12-11-26-29-30)18(13-14)28-20(31)27-15-2-4-16(5-3-15)32-17-7-9-25-10-8-17/h1-13H,(H2,27,28,31).